The van der Waals surface area contributed by atoms with Crippen LogP contribution in [0.2, 0.25) is 10.0 Å². The number of likely N-dealkylation sites (N-methyl/N-ethyl adjacent to an activating group) is 1. The van der Waals surface area contributed by atoms with Crippen molar-refractivity contribution in [3.8, 4) is 0 Å². The van der Waals surface area contributed by atoms with Gasteiger partial charge in [-0.15, -0.1) is 0 Å². The van der Waals surface area contributed by atoms with Gasteiger partial charge in [-0.2, -0.15) is 0 Å². The van der Waals surface area contributed by atoms with Crippen molar-refractivity contribution in [3.63, 3.8) is 0 Å². The Balaban J connectivity index is 1.58. The van der Waals surface area contributed by atoms with Crippen LogP contribution in [0.1, 0.15) is 49.3 Å². The lowest BCUT2D eigenvalue weighted by molar-refractivity contribution is -0.133. The van der Waals surface area contributed by atoms with Crippen LogP contribution in [-0.4, -0.2) is 41.9 Å². The first-order valence-corrected chi connectivity index (χ1v) is 11.8. The first-order valence-electron chi connectivity index (χ1n) is 11.0. The second-order valence-electron chi connectivity index (χ2n) is 8.79. The molecule has 1 saturated carbocycles. The Morgan fingerprint density at radius 3 is 2.53 bits per heavy atom. The van der Waals surface area contributed by atoms with Crippen molar-refractivity contribution < 1.29 is 4.79 Å². The van der Waals surface area contributed by atoms with Crippen LogP contribution in [-0.2, 0) is 11.2 Å². The van der Waals surface area contributed by atoms with Gasteiger partial charge in [0.15, 0.2) is 0 Å². The van der Waals surface area contributed by atoms with Gasteiger partial charge in [-0.1, -0.05) is 66.0 Å². The van der Waals surface area contributed by atoms with E-state index in [0.717, 1.165) is 24.4 Å². The zero-order valence-corrected chi connectivity index (χ0v) is 19.1. The molecule has 1 amide bonds. The average molecular weight is 445 g/mol. The van der Waals surface area contributed by atoms with Crippen molar-refractivity contribution in [2.45, 2.75) is 50.6 Å². The molecule has 30 heavy (non-hydrogen) atoms. The molecule has 1 aliphatic carbocycles. The molecule has 2 aliphatic rings. The zero-order valence-electron chi connectivity index (χ0n) is 17.6. The van der Waals surface area contributed by atoms with Gasteiger partial charge in [0.05, 0.1) is 22.5 Å². The second kappa shape index (κ2) is 9.72. The van der Waals surface area contributed by atoms with E-state index in [1.807, 2.05) is 24.1 Å². The van der Waals surface area contributed by atoms with Gasteiger partial charge in [-0.05, 0) is 61.4 Å². The summed E-state index contributed by atoms with van der Waals surface area (Å²) in [4.78, 5) is 18.0. The van der Waals surface area contributed by atoms with Crippen LogP contribution in [0.15, 0.2) is 48.5 Å². The largest absolute Gasteiger partial charge is 0.337 e. The molecule has 4 rings (SSSR count). The zero-order chi connectivity index (χ0) is 21.1. The number of amides is 1. The Bertz CT molecular complexity index is 869. The fourth-order valence-corrected chi connectivity index (χ4v) is 5.01. The highest BCUT2D eigenvalue weighted by molar-refractivity contribution is 6.42. The molecule has 2 fully saturated rings. The van der Waals surface area contributed by atoms with E-state index in [1.54, 1.807) is 12.1 Å². The summed E-state index contributed by atoms with van der Waals surface area (Å²) < 4.78 is 0. The Labute approximate surface area is 190 Å². The number of benzene rings is 2. The summed E-state index contributed by atoms with van der Waals surface area (Å²) in [6.45, 7) is 2.31. The van der Waals surface area contributed by atoms with Crippen molar-refractivity contribution in [1.29, 1.82) is 0 Å². The molecule has 3 nitrogen and oxygen atoms in total. The molecule has 0 bridgehead atoms. The molecule has 0 radical (unpaired) electrons. The Morgan fingerprint density at radius 1 is 1.07 bits per heavy atom. The van der Waals surface area contributed by atoms with E-state index >= 15 is 0 Å². The minimum Gasteiger partial charge on any atom is -0.337 e. The normalized spacial score (nSPS) is 20.7. The molecule has 2 aromatic rings. The standard InChI is InChI=1S/C25H30Cl2N2O/c1-28(24(30)16-19-12-13-21(26)22(27)15-19)25(20-7-3-2-4-8-20)23-9-5-6-14-29(23)17-18-10-11-18/h2-4,7-8,12-13,15,18,23,25H,5-6,9-11,14,16-17H2,1H3. The van der Waals surface area contributed by atoms with Gasteiger partial charge in [-0.3, -0.25) is 9.69 Å². The summed E-state index contributed by atoms with van der Waals surface area (Å²) >= 11 is 12.2. The number of carbonyl (C=O) groups is 1. The molecule has 5 heteroatoms. The summed E-state index contributed by atoms with van der Waals surface area (Å²) in [7, 11) is 1.96. The van der Waals surface area contributed by atoms with Crippen molar-refractivity contribution in [2.24, 2.45) is 5.92 Å². The number of hydrogen-bond donors (Lipinski definition) is 0. The Hall–Kier alpha value is -1.55. The smallest absolute Gasteiger partial charge is 0.227 e. The lowest BCUT2D eigenvalue weighted by Crippen LogP contribution is -2.50. The van der Waals surface area contributed by atoms with E-state index in [0.29, 0.717) is 22.5 Å². The molecule has 2 aromatic carbocycles. The second-order valence-corrected chi connectivity index (χ2v) is 9.60. The summed E-state index contributed by atoms with van der Waals surface area (Å²) in [5, 5.41) is 1.01. The first kappa shape index (κ1) is 21.7. The quantitative estimate of drug-likeness (QED) is 0.522. The molecule has 0 N–H and O–H groups in total. The van der Waals surface area contributed by atoms with Gasteiger partial charge in [0, 0.05) is 19.6 Å². The summed E-state index contributed by atoms with van der Waals surface area (Å²) in [5.41, 5.74) is 2.11. The minimum absolute atomic E-state index is 0.0560. The minimum atomic E-state index is 0.0560. The van der Waals surface area contributed by atoms with E-state index in [1.165, 1.54) is 37.8 Å². The third-order valence-electron chi connectivity index (χ3n) is 6.51. The number of piperidine rings is 1. The summed E-state index contributed by atoms with van der Waals surface area (Å²) in [5.74, 6) is 0.957. The number of nitrogens with zero attached hydrogens (tertiary/aromatic N) is 2. The van der Waals surface area contributed by atoms with Crippen LogP contribution >= 0.6 is 23.2 Å². The lowest BCUT2D eigenvalue weighted by Gasteiger charge is -2.44. The molecule has 1 heterocycles. The van der Waals surface area contributed by atoms with Crippen LogP contribution in [0.4, 0.5) is 0 Å². The van der Waals surface area contributed by atoms with Crippen LogP contribution < -0.4 is 0 Å². The van der Waals surface area contributed by atoms with Crippen molar-refractivity contribution >= 4 is 29.1 Å². The van der Waals surface area contributed by atoms with Gasteiger partial charge in [0.25, 0.3) is 0 Å². The SMILES string of the molecule is CN(C(=O)Cc1ccc(Cl)c(Cl)c1)C(c1ccccc1)C1CCCCN1CC1CC1. The van der Waals surface area contributed by atoms with Gasteiger partial charge in [-0.25, -0.2) is 0 Å². The van der Waals surface area contributed by atoms with Gasteiger partial charge < -0.3 is 4.90 Å². The highest BCUT2D eigenvalue weighted by atomic mass is 35.5. The van der Waals surface area contributed by atoms with Gasteiger partial charge >= 0.3 is 0 Å². The van der Waals surface area contributed by atoms with Crippen molar-refractivity contribution in [3.05, 3.63) is 69.7 Å². The van der Waals surface area contributed by atoms with E-state index in [2.05, 4.69) is 29.2 Å². The molecule has 1 saturated heterocycles. The molecule has 2 atom stereocenters. The monoisotopic (exact) mass is 444 g/mol. The third-order valence-corrected chi connectivity index (χ3v) is 7.25. The van der Waals surface area contributed by atoms with Gasteiger partial charge in [0.2, 0.25) is 5.91 Å². The van der Waals surface area contributed by atoms with Gasteiger partial charge in [0.1, 0.15) is 0 Å². The maximum absolute atomic E-state index is 13.3. The molecule has 0 aromatic heterocycles. The number of halogens is 2. The first-order chi connectivity index (χ1) is 14.5. The van der Waals surface area contributed by atoms with Crippen LogP contribution in [0.25, 0.3) is 0 Å². The lowest BCUT2D eigenvalue weighted by atomic mass is 9.89. The molecule has 1 aliphatic heterocycles. The maximum atomic E-state index is 13.3. The molecular formula is C25H30Cl2N2O. The number of likely N-dealkylation sites (tertiary alicyclic amines) is 1. The fourth-order valence-electron chi connectivity index (χ4n) is 4.69. The predicted octanol–water partition coefficient (Wildman–Crippen LogP) is 6.00. The summed E-state index contributed by atoms with van der Waals surface area (Å²) in [6.07, 6.45) is 6.65. The van der Waals surface area contributed by atoms with E-state index in [9.17, 15) is 4.79 Å². The van der Waals surface area contributed by atoms with Crippen LogP contribution in [0, 0.1) is 5.92 Å². The van der Waals surface area contributed by atoms with E-state index in [4.69, 9.17) is 23.2 Å². The molecule has 160 valence electrons. The molecule has 0 spiro atoms. The Morgan fingerprint density at radius 2 is 1.83 bits per heavy atom. The van der Waals surface area contributed by atoms with Crippen molar-refractivity contribution in [1.82, 2.24) is 9.80 Å². The number of hydrogen-bond acceptors (Lipinski definition) is 2. The fraction of sp³-hybridized carbons (Fsp3) is 0.480. The van der Waals surface area contributed by atoms with Crippen LogP contribution in [0.3, 0.4) is 0 Å². The third kappa shape index (κ3) is 5.19. The van der Waals surface area contributed by atoms with Crippen molar-refractivity contribution in [2.75, 3.05) is 20.1 Å². The average Bonchev–Trinajstić information content (AvgIpc) is 3.57. The predicted molar refractivity (Wildman–Crippen MR) is 124 cm³/mol. The summed E-state index contributed by atoms with van der Waals surface area (Å²) in [6, 6.07) is 16.4. The van der Waals surface area contributed by atoms with Crippen LogP contribution in [0.5, 0.6) is 0 Å². The highest BCUT2D eigenvalue weighted by Crippen LogP contribution is 2.37. The van der Waals surface area contributed by atoms with E-state index < -0.39 is 0 Å². The molecule has 2 unspecified atom stereocenters. The van der Waals surface area contributed by atoms with E-state index in [-0.39, 0.29) is 11.9 Å². The topological polar surface area (TPSA) is 23.6 Å². The number of carbonyl (C=O) groups excluding carboxylic acids is 1. The molecular weight excluding hydrogens is 415 g/mol. The maximum Gasteiger partial charge on any atom is 0.227 e. The highest BCUT2D eigenvalue weighted by Gasteiger charge is 2.37. The Kier molecular flexibility index (Phi) is 7.02. The number of rotatable bonds is 7.